The summed E-state index contributed by atoms with van der Waals surface area (Å²) in [5, 5.41) is 11.6. The van der Waals surface area contributed by atoms with E-state index in [0.29, 0.717) is 21.5 Å². The van der Waals surface area contributed by atoms with Gasteiger partial charge < -0.3 is 4.74 Å². The molecule has 0 saturated heterocycles. The van der Waals surface area contributed by atoms with Crippen LogP contribution in [0, 0.1) is 5.82 Å². The fourth-order valence-electron chi connectivity index (χ4n) is 1.84. The normalized spacial score (nSPS) is 10.4. The Labute approximate surface area is 149 Å². The summed E-state index contributed by atoms with van der Waals surface area (Å²) in [6.45, 7) is 0.191. The van der Waals surface area contributed by atoms with Gasteiger partial charge in [0.15, 0.2) is 5.01 Å². The molecule has 2 aromatic carbocycles. The van der Waals surface area contributed by atoms with Crippen molar-refractivity contribution >= 4 is 38.3 Å². The zero-order valence-corrected chi connectivity index (χ0v) is 14.6. The van der Waals surface area contributed by atoms with Crippen LogP contribution >= 0.6 is 27.3 Å². The van der Waals surface area contributed by atoms with Gasteiger partial charge in [0, 0.05) is 10.0 Å². The van der Waals surface area contributed by atoms with Crippen molar-refractivity contribution in [1.82, 2.24) is 10.2 Å². The van der Waals surface area contributed by atoms with Gasteiger partial charge in [0.05, 0.1) is 0 Å². The molecular weight excluding hydrogens is 397 g/mol. The van der Waals surface area contributed by atoms with E-state index in [9.17, 15) is 9.18 Å². The zero-order chi connectivity index (χ0) is 16.9. The Morgan fingerprint density at radius 1 is 1.21 bits per heavy atom. The number of amides is 1. The van der Waals surface area contributed by atoms with Gasteiger partial charge in [0.2, 0.25) is 5.13 Å². The van der Waals surface area contributed by atoms with Gasteiger partial charge in [-0.3, -0.25) is 10.1 Å². The second-order valence-electron chi connectivity index (χ2n) is 4.71. The number of carbonyl (C=O) groups is 1. The fraction of sp³-hybridized carbons (Fsp3) is 0.0625. The lowest BCUT2D eigenvalue weighted by Gasteiger charge is -2.02. The van der Waals surface area contributed by atoms with E-state index in [0.717, 1.165) is 4.47 Å². The number of rotatable bonds is 5. The van der Waals surface area contributed by atoms with Crippen LogP contribution in [0.25, 0.3) is 0 Å². The first-order chi connectivity index (χ1) is 11.6. The first-order valence-electron chi connectivity index (χ1n) is 6.88. The molecule has 3 rings (SSSR count). The average molecular weight is 408 g/mol. The molecule has 0 fully saturated rings. The summed E-state index contributed by atoms with van der Waals surface area (Å²) in [5.41, 5.74) is 0.517. The number of anilines is 1. The SMILES string of the molecule is O=C(Nc1nnc(COc2ccc(F)cc2)s1)c1cccc(Br)c1. The van der Waals surface area contributed by atoms with E-state index < -0.39 is 0 Å². The van der Waals surface area contributed by atoms with Gasteiger partial charge in [-0.05, 0) is 42.5 Å². The second kappa shape index (κ2) is 7.50. The summed E-state index contributed by atoms with van der Waals surface area (Å²) in [7, 11) is 0. The molecule has 0 bridgehead atoms. The van der Waals surface area contributed by atoms with Gasteiger partial charge >= 0.3 is 0 Å². The third-order valence-corrected chi connectivity index (χ3v) is 4.26. The third kappa shape index (κ3) is 4.36. The van der Waals surface area contributed by atoms with Crippen LogP contribution in [0.15, 0.2) is 53.0 Å². The van der Waals surface area contributed by atoms with E-state index in [1.165, 1.54) is 35.6 Å². The predicted molar refractivity (Wildman–Crippen MR) is 92.7 cm³/mol. The van der Waals surface area contributed by atoms with Gasteiger partial charge in [-0.25, -0.2) is 4.39 Å². The molecule has 0 aliphatic carbocycles. The highest BCUT2D eigenvalue weighted by atomic mass is 79.9. The summed E-state index contributed by atoms with van der Waals surface area (Å²) < 4.78 is 19.1. The smallest absolute Gasteiger partial charge is 0.257 e. The Bertz CT molecular complexity index is 855. The number of ether oxygens (including phenoxy) is 1. The Morgan fingerprint density at radius 3 is 2.75 bits per heavy atom. The summed E-state index contributed by atoms with van der Waals surface area (Å²) >= 11 is 4.54. The highest BCUT2D eigenvalue weighted by Gasteiger charge is 2.11. The first kappa shape index (κ1) is 16.5. The number of benzene rings is 2. The maximum absolute atomic E-state index is 12.8. The Hall–Kier alpha value is -2.32. The molecule has 0 atom stereocenters. The molecule has 1 aromatic heterocycles. The van der Waals surface area contributed by atoms with Crippen LogP contribution in [0.5, 0.6) is 5.75 Å². The molecule has 122 valence electrons. The maximum Gasteiger partial charge on any atom is 0.257 e. The van der Waals surface area contributed by atoms with E-state index in [1.54, 1.807) is 18.2 Å². The molecule has 8 heteroatoms. The van der Waals surface area contributed by atoms with Crippen LogP contribution in [-0.4, -0.2) is 16.1 Å². The van der Waals surface area contributed by atoms with Crippen molar-refractivity contribution in [3.05, 3.63) is 69.4 Å². The molecule has 0 radical (unpaired) electrons. The minimum atomic E-state index is -0.323. The third-order valence-electron chi connectivity index (χ3n) is 2.95. The van der Waals surface area contributed by atoms with Crippen molar-refractivity contribution in [3.8, 4) is 5.75 Å². The zero-order valence-electron chi connectivity index (χ0n) is 12.2. The van der Waals surface area contributed by atoms with E-state index >= 15 is 0 Å². The fourth-order valence-corrected chi connectivity index (χ4v) is 2.88. The number of nitrogens with one attached hydrogen (secondary N) is 1. The van der Waals surface area contributed by atoms with Crippen molar-refractivity contribution < 1.29 is 13.9 Å². The van der Waals surface area contributed by atoms with Crippen LogP contribution in [0.2, 0.25) is 0 Å². The molecule has 0 spiro atoms. The van der Waals surface area contributed by atoms with Crippen LogP contribution < -0.4 is 10.1 Å². The number of halogens is 2. The first-order valence-corrected chi connectivity index (χ1v) is 8.49. The summed E-state index contributed by atoms with van der Waals surface area (Å²) in [6, 6.07) is 12.7. The topological polar surface area (TPSA) is 64.1 Å². The highest BCUT2D eigenvalue weighted by molar-refractivity contribution is 9.10. The molecule has 1 amide bonds. The monoisotopic (exact) mass is 407 g/mol. The quantitative estimate of drug-likeness (QED) is 0.685. The van der Waals surface area contributed by atoms with E-state index in [-0.39, 0.29) is 18.3 Å². The molecule has 0 aliphatic rings. The molecule has 1 heterocycles. The summed E-state index contributed by atoms with van der Waals surface area (Å²) in [6.07, 6.45) is 0. The van der Waals surface area contributed by atoms with Crippen LogP contribution in [0.4, 0.5) is 9.52 Å². The molecule has 0 saturated carbocycles. The van der Waals surface area contributed by atoms with Crippen molar-refractivity contribution in [1.29, 1.82) is 0 Å². The van der Waals surface area contributed by atoms with Gasteiger partial charge in [0.25, 0.3) is 5.91 Å². The van der Waals surface area contributed by atoms with Crippen LogP contribution in [0.3, 0.4) is 0 Å². The maximum atomic E-state index is 12.8. The van der Waals surface area contributed by atoms with Crippen molar-refractivity contribution in [2.45, 2.75) is 6.61 Å². The second-order valence-corrected chi connectivity index (χ2v) is 6.69. The van der Waals surface area contributed by atoms with Crippen molar-refractivity contribution in [2.75, 3.05) is 5.32 Å². The van der Waals surface area contributed by atoms with E-state index in [4.69, 9.17) is 4.74 Å². The van der Waals surface area contributed by atoms with Gasteiger partial charge in [-0.15, -0.1) is 10.2 Å². The van der Waals surface area contributed by atoms with Gasteiger partial charge in [-0.2, -0.15) is 0 Å². The van der Waals surface area contributed by atoms with E-state index in [2.05, 4.69) is 31.4 Å². The lowest BCUT2D eigenvalue weighted by molar-refractivity contribution is 0.102. The molecule has 0 unspecified atom stereocenters. The van der Waals surface area contributed by atoms with Gasteiger partial charge in [-0.1, -0.05) is 33.3 Å². The molecule has 0 aliphatic heterocycles. The highest BCUT2D eigenvalue weighted by Crippen LogP contribution is 2.20. The minimum Gasteiger partial charge on any atom is -0.486 e. The molecule has 3 aromatic rings. The van der Waals surface area contributed by atoms with Crippen LogP contribution in [-0.2, 0) is 6.61 Å². The average Bonchev–Trinajstić information content (AvgIpc) is 3.02. The number of hydrogen-bond acceptors (Lipinski definition) is 5. The van der Waals surface area contributed by atoms with Gasteiger partial charge in [0.1, 0.15) is 18.2 Å². The number of nitrogens with zero attached hydrogens (tertiary/aromatic N) is 2. The predicted octanol–water partition coefficient (Wildman–Crippen LogP) is 4.27. The Balaban J connectivity index is 1.59. The van der Waals surface area contributed by atoms with Crippen molar-refractivity contribution in [2.24, 2.45) is 0 Å². The molecular formula is C16H11BrFN3O2S. The van der Waals surface area contributed by atoms with Crippen molar-refractivity contribution in [3.63, 3.8) is 0 Å². The number of carbonyl (C=O) groups excluding carboxylic acids is 1. The molecule has 24 heavy (non-hydrogen) atoms. The Kier molecular flexibility index (Phi) is 5.17. The van der Waals surface area contributed by atoms with Crippen LogP contribution in [0.1, 0.15) is 15.4 Å². The summed E-state index contributed by atoms with van der Waals surface area (Å²) in [5.74, 6) is -0.0550. The van der Waals surface area contributed by atoms with E-state index in [1.807, 2.05) is 6.07 Å². The standard InChI is InChI=1S/C16H11BrFN3O2S/c17-11-3-1-2-10(8-11)15(22)19-16-21-20-14(24-16)9-23-13-6-4-12(18)5-7-13/h1-8H,9H2,(H,19,21,22). The lowest BCUT2D eigenvalue weighted by Crippen LogP contribution is -2.11. The number of aromatic nitrogens is 2. The molecule has 5 nitrogen and oxygen atoms in total. The Morgan fingerprint density at radius 2 is 2.00 bits per heavy atom. The minimum absolute atomic E-state index is 0.191. The number of hydrogen-bond donors (Lipinski definition) is 1. The largest absolute Gasteiger partial charge is 0.486 e. The lowest BCUT2D eigenvalue weighted by atomic mass is 10.2. The molecule has 1 N–H and O–H groups in total. The summed E-state index contributed by atoms with van der Waals surface area (Å²) in [4.78, 5) is 12.1.